The van der Waals surface area contributed by atoms with E-state index < -0.39 is 16.0 Å². The summed E-state index contributed by atoms with van der Waals surface area (Å²) in [4.78, 5) is 10.9. The van der Waals surface area contributed by atoms with Crippen molar-refractivity contribution in [2.45, 2.75) is 24.8 Å². The summed E-state index contributed by atoms with van der Waals surface area (Å²) in [7, 11) is -2.30. The van der Waals surface area contributed by atoms with Gasteiger partial charge in [-0.25, -0.2) is 17.9 Å². The lowest BCUT2D eigenvalue weighted by molar-refractivity contribution is 0.0685. The van der Waals surface area contributed by atoms with E-state index >= 15 is 0 Å². The van der Waals surface area contributed by atoms with Crippen molar-refractivity contribution in [3.63, 3.8) is 0 Å². The molecule has 1 heterocycles. The Morgan fingerprint density at radius 1 is 1.56 bits per heavy atom. The molecule has 0 aliphatic heterocycles. The van der Waals surface area contributed by atoms with Gasteiger partial charge in [0, 0.05) is 12.7 Å². The lowest BCUT2D eigenvalue weighted by Crippen LogP contribution is -2.17. The molecule has 0 unspecified atom stereocenters. The third-order valence-corrected chi connectivity index (χ3v) is 3.52. The first kappa shape index (κ1) is 12.7. The number of sulfonamides is 1. The average Bonchev–Trinajstić information content (AvgIpc) is 2.63. The molecular weight excluding hydrogens is 232 g/mol. The minimum atomic E-state index is -3.59. The molecule has 0 fully saturated rings. The molecule has 0 aromatic carbocycles. The second-order valence-electron chi connectivity index (χ2n) is 3.27. The van der Waals surface area contributed by atoms with E-state index in [9.17, 15) is 13.2 Å². The first-order chi connectivity index (χ1) is 7.42. The minimum absolute atomic E-state index is 0.0179. The zero-order valence-electron chi connectivity index (χ0n) is 9.10. The van der Waals surface area contributed by atoms with Gasteiger partial charge in [-0.2, -0.15) is 0 Å². The van der Waals surface area contributed by atoms with Crippen LogP contribution in [0.5, 0.6) is 0 Å². The Morgan fingerprint density at radius 3 is 2.62 bits per heavy atom. The van der Waals surface area contributed by atoms with Crippen molar-refractivity contribution < 1.29 is 18.3 Å². The molecule has 0 aliphatic rings. The highest BCUT2D eigenvalue weighted by Crippen LogP contribution is 2.14. The molecule has 16 heavy (non-hydrogen) atoms. The maximum atomic E-state index is 11.5. The summed E-state index contributed by atoms with van der Waals surface area (Å²) in [5.74, 6) is -1.13. The predicted molar refractivity (Wildman–Crippen MR) is 57.9 cm³/mol. The van der Waals surface area contributed by atoms with Crippen LogP contribution in [0, 0.1) is 0 Å². The fourth-order valence-electron chi connectivity index (χ4n) is 1.35. The zero-order chi connectivity index (χ0) is 12.3. The number of carbonyl (C=O) groups is 1. The van der Waals surface area contributed by atoms with Crippen molar-refractivity contribution in [2.75, 3.05) is 7.05 Å². The zero-order valence-corrected chi connectivity index (χ0v) is 9.91. The van der Waals surface area contributed by atoms with Gasteiger partial charge in [0.05, 0.1) is 0 Å². The molecule has 6 nitrogen and oxygen atoms in total. The van der Waals surface area contributed by atoms with Crippen molar-refractivity contribution in [1.82, 2.24) is 9.29 Å². The van der Waals surface area contributed by atoms with Crippen LogP contribution in [-0.2, 0) is 16.6 Å². The minimum Gasteiger partial charge on any atom is -0.477 e. The molecule has 0 saturated heterocycles. The van der Waals surface area contributed by atoms with Gasteiger partial charge in [0.25, 0.3) is 0 Å². The molecule has 0 amide bonds. The van der Waals surface area contributed by atoms with Crippen LogP contribution in [0.1, 0.15) is 23.8 Å². The second-order valence-corrected chi connectivity index (χ2v) is 5.15. The molecule has 2 N–H and O–H groups in total. The standard InChI is InChI=1S/C9H14N2O4S/c1-3-4-11-6-7(16(14,15)10-2)5-8(11)9(12)13/h5-6,10H,3-4H2,1-2H3,(H,12,13). The van der Waals surface area contributed by atoms with E-state index in [0.29, 0.717) is 6.54 Å². The van der Waals surface area contributed by atoms with Crippen molar-refractivity contribution in [2.24, 2.45) is 0 Å². The van der Waals surface area contributed by atoms with Gasteiger partial charge < -0.3 is 9.67 Å². The highest BCUT2D eigenvalue weighted by atomic mass is 32.2. The number of hydrogen-bond acceptors (Lipinski definition) is 3. The summed E-state index contributed by atoms with van der Waals surface area (Å²) in [6, 6.07) is 1.16. The number of nitrogens with one attached hydrogen (secondary N) is 1. The Bertz CT molecular complexity index is 490. The number of carboxylic acid groups (broad SMARTS) is 1. The molecule has 0 radical (unpaired) electrons. The van der Waals surface area contributed by atoms with Crippen molar-refractivity contribution in [3.05, 3.63) is 18.0 Å². The van der Waals surface area contributed by atoms with E-state index in [0.717, 1.165) is 12.5 Å². The molecular formula is C9H14N2O4S. The molecule has 0 aliphatic carbocycles. The molecule has 0 saturated carbocycles. The van der Waals surface area contributed by atoms with Gasteiger partial charge in [-0.3, -0.25) is 0 Å². The summed E-state index contributed by atoms with van der Waals surface area (Å²) in [6.07, 6.45) is 2.06. The van der Waals surface area contributed by atoms with Crippen LogP contribution in [0.3, 0.4) is 0 Å². The molecule has 7 heteroatoms. The monoisotopic (exact) mass is 246 g/mol. The maximum absolute atomic E-state index is 11.5. The quantitative estimate of drug-likeness (QED) is 0.792. The number of aryl methyl sites for hydroxylation is 1. The fraction of sp³-hybridized carbons (Fsp3) is 0.444. The van der Waals surface area contributed by atoms with E-state index in [2.05, 4.69) is 4.72 Å². The molecule has 0 bridgehead atoms. The number of nitrogens with zero attached hydrogens (tertiary/aromatic N) is 1. The Kier molecular flexibility index (Phi) is 3.71. The number of aromatic nitrogens is 1. The van der Waals surface area contributed by atoms with Crippen LogP contribution in [0.15, 0.2) is 17.2 Å². The molecule has 1 rings (SSSR count). The molecule has 1 aromatic heterocycles. The second kappa shape index (κ2) is 4.67. The summed E-state index contributed by atoms with van der Waals surface area (Å²) >= 11 is 0. The van der Waals surface area contributed by atoms with Gasteiger partial charge in [0.2, 0.25) is 10.0 Å². The SMILES string of the molecule is CCCn1cc(S(=O)(=O)NC)cc1C(=O)O. The number of hydrogen-bond donors (Lipinski definition) is 2. The van der Waals surface area contributed by atoms with Gasteiger partial charge >= 0.3 is 5.97 Å². The van der Waals surface area contributed by atoms with Crippen molar-refractivity contribution in [3.8, 4) is 0 Å². The smallest absolute Gasteiger partial charge is 0.352 e. The third-order valence-electron chi connectivity index (χ3n) is 2.13. The van der Waals surface area contributed by atoms with E-state index in [-0.39, 0.29) is 10.6 Å². The Morgan fingerprint density at radius 2 is 2.19 bits per heavy atom. The summed E-state index contributed by atoms with van der Waals surface area (Å²) < 4.78 is 26.5. The van der Waals surface area contributed by atoms with Gasteiger partial charge in [0.1, 0.15) is 10.6 Å². The average molecular weight is 246 g/mol. The van der Waals surface area contributed by atoms with Crippen LogP contribution in [0.4, 0.5) is 0 Å². The molecule has 1 aromatic rings. The van der Waals surface area contributed by atoms with E-state index in [4.69, 9.17) is 5.11 Å². The van der Waals surface area contributed by atoms with Gasteiger partial charge in [-0.1, -0.05) is 6.92 Å². The van der Waals surface area contributed by atoms with Crippen LogP contribution in [-0.4, -0.2) is 31.1 Å². The van der Waals surface area contributed by atoms with Gasteiger partial charge in [-0.05, 0) is 19.5 Å². The lowest BCUT2D eigenvalue weighted by Gasteiger charge is -2.02. The summed E-state index contributed by atoms with van der Waals surface area (Å²) in [5.41, 5.74) is -0.0179. The fourth-order valence-corrected chi connectivity index (χ4v) is 2.12. The Labute approximate surface area is 93.9 Å². The molecule has 90 valence electrons. The largest absolute Gasteiger partial charge is 0.477 e. The van der Waals surface area contributed by atoms with Crippen LogP contribution in [0.25, 0.3) is 0 Å². The molecule has 0 atom stereocenters. The van der Waals surface area contributed by atoms with E-state index in [1.807, 2.05) is 6.92 Å². The van der Waals surface area contributed by atoms with Crippen LogP contribution < -0.4 is 4.72 Å². The van der Waals surface area contributed by atoms with E-state index in [1.54, 1.807) is 0 Å². The number of rotatable bonds is 5. The Balaban J connectivity index is 3.26. The van der Waals surface area contributed by atoms with Crippen molar-refractivity contribution in [1.29, 1.82) is 0 Å². The van der Waals surface area contributed by atoms with Crippen LogP contribution in [0.2, 0.25) is 0 Å². The topological polar surface area (TPSA) is 88.4 Å². The highest BCUT2D eigenvalue weighted by Gasteiger charge is 2.19. The normalized spacial score (nSPS) is 11.6. The first-order valence-corrected chi connectivity index (χ1v) is 6.27. The highest BCUT2D eigenvalue weighted by molar-refractivity contribution is 7.89. The third kappa shape index (κ3) is 2.42. The summed E-state index contributed by atoms with van der Waals surface area (Å²) in [6.45, 7) is 2.36. The predicted octanol–water partition coefficient (Wildman–Crippen LogP) is 0.504. The van der Waals surface area contributed by atoms with E-state index in [1.165, 1.54) is 17.8 Å². The summed E-state index contributed by atoms with van der Waals surface area (Å²) in [5, 5.41) is 8.91. The number of aromatic carboxylic acids is 1. The maximum Gasteiger partial charge on any atom is 0.352 e. The van der Waals surface area contributed by atoms with Gasteiger partial charge in [-0.15, -0.1) is 0 Å². The first-order valence-electron chi connectivity index (χ1n) is 4.79. The number of carboxylic acids is 1. The van der Waals surface area contributed by atoms with Gasteiger partial charge in [0.15, 0.2) is 0 Å². The van der Waals surface area contributed by atoms with Crippen molar-refractivity contribution >= 4 is 16.0 Å². The Hall–Kier alpha value is -1.34. The molecule has 0 spiro atoms. The lowest BCUT2D eigenvalue weighted by atomic mass is 10.4. The van der Waals surface area contributed by atoms with Crippen LogP contribution >= 0.6 is 0 Å².